The van der Waals surface area contributed by atoms with Crippen molar-refractivity contribution in [3.63, 3.8) is 0 Å². The van der Waals surface area contributed by atoms with Crippen molar-refractivity contribution < 1.29 is 0 Å². The van der Waals surface area contributed by atoms with E-state index in [1.807, 2.05) is 0 Å². The Balaban J connectivity index is 1.90. The van der Waals surface area contributed by atoms with Gasteiger partial charge in [-0.3, -0.25) is 0 Å². The molecule has 0 aromatic heterocycles. The lowest BCUT2D eigenvalue weighted by Gasteiger charge is -2.16. The second-order valence-corrected chi connectivity index (χ2v) is 6.83. The summed E-state index contributed by atoms with van der Waals surface area (Å²) in [6.45, 7) is 2.13. The Kier molecular flexibility index (Phi) is 5.02. The molecule has 0 aliphatic carbocycles. The molecule has 0 heterocycles. The highest BCUT2D eigenvalue weighted by Crippen LogP contribution is 2.37. The van der Waals surface area contributed by atoms with Crippen LogP contribution in [0, 0.1) is 12.8 Å². The maximum Gasteiger partial charge on any atom is -0.00670 e. The lowest BCUT2D eigenvalue weighted by atomic mass is 9.88. The lowest BCUT2D eigenvalue weighted by molar-refractivity contribution is 0.878. The number of unbranched alkanes of at least 4 members (excludes halogenated alkanes) is 3. The van der Waals surface area contributed by atoms with Crippen molar-refractivity contribution in [2.24, 2.45) is 0 Å². The van der Waals surface area contributed by atoms with E-state index >= 15 is 0 Å². The normalized spacial score (nSPS) is 11.3. The Hall–Kier alpha value is -2.60. The maximum absolute atomic E-state index is 2.42. The Bertz CT molecular complexity index is 1020. The molecule has 4 aromatic carbocycles. The minimum atomic E-state index is 1.01. The Morgan fingerprint density at radius 2 is 1.35 bits per heavy atom. The highest BCUT2D eigenvalue weighted by Gasteiger charge is 2.12. The second kappa shape index (κ2) is 7.74. The van der Waals surface area contributed by atoms with Crippen LogP contribution in [-0.2, 0) is 6.42 Å². The van der Waals surface area contributed by atoms with E-state index in [2.05, 4.69) is 98.6 Å². The first kappa shape index (κ1) is 16.8. The van der Waals surface area contributed by atoms with Crippen molar-refractivity contribution in [2.45, 2.75) is 26.2 Å². The van der Waals surface area contributed by atoms with Gasteiger partial charge in [0.1, 0.15) is 0 Å². The number of rotatable bonds is 6. The van der Waals surface area contributed by atoms with Gasteiger partial charge in [0.15, 0.2) is 0 Å². The number of hydrogen-bond donors (Lipinski definition) is 0. The molecule has 0 saturated heterocycles. The first-order valence-corrected chi connectivity index (χ1v) is 9.47. The van der Waals surface area contributed by atoms with Gasteiger partial charge in [-0.2, -0.15) is 0 Å². The molecule has 4 aromatic rings. The van der Waals surface area contributed by atoms with Crippen LogP contribution < -0.4 is 0 Å². The maximum atomic E-state index is 2.42. The molecule has 4 rings (SSSR count). The fourth-order valence-corrected chi connectivity index (χ4v) is 3.79. The summed E-state index contributed by atoms with van der Waals surface area (Å²) < 4.78 is 0. The van der Waals surface area contributed by atoms with Crippen LogP contribution in [0.5, 0.6) is 0 Å². The van der Waals surface area contributed by atoms with Crippen LogP contribution >= 0.6 is 0 Å². The molecular formula is C26H24. The van der Waals surface area contributed by atoms with E-state index < -0.39 is 0 Å². The molecule has 0 bridgehead atoms. The van der Waals surface area contributed by atoms with E-state index in [1.165, 1.54) is 38.2 Å². The number of benzene rings is 4. The van der Waals surface area contributed by atoms with Crippen molar-refractivity contribution in [1.82, 2.24) is 0 Å². The fraction of sp³-hybridized carbons (Fsp3) is 0.154. The summed E-state index contributed by atoms with van der Waals surface area (Å²) in [5, 5.41) is 5.28. The molecule has 0 aliphatic heterocycles. The average molecular weight is 336 g/mol. The van der Waals surface area contributed by atoms with E-state index in [-0.39, 0.29) is 0 Å². The molecule has 0 nitrogen and oxygen atoms in total. The molecule has 0 saturated carbocycles. The second-order valence-electron chi connectivity index (χ2n) is 6.83. The monoisotopic (exact) mass is 336 g/mol. The van der Waals surface area contributed by atoms with Crippen molar-refractivity contribution in [2.75, 3.05) is 0 Å². The topological polar surface area (TPSA) is 0 Å². The summed E-state index contributed by atoms with van der Waals surface area (Å²) in [4.78, 5) is 0. The van der Waals surface area contributed by atoms with E-state index in [9.17, 15) is 0 Å². The molecule has 2 radical (unpaired) electrons. The van der Waals surface area contributed by atoms with Crippen molar-refractivity contribution >= 4 is 21.5 Å². The molecule has 26 heavy (non-hydrogen) atoms. The smallest absolute Gasteiger partial charge is 0.00670 e. The number of hydrogen-bond acceptors (Lipinski definition) is 0. The zero-order valence-electron chi connectivity index (χ0n) is 15.3. The Morgan fingerprint density at radius 3 is 2.15 bits per heavy atom. The van der Waals surface area contributed by atoms with Crippen molar-refractivity contribution in [3.8, 4) is 11.1 Å². The number of fused-ring (bicyclic) bond motifs is 2. The van der Waals surface area contributed by atoms with Crippen LogP contribution in [0.4, 0.5) is 0 Å². The lowest BCUT2D eigenvalue weighted by Crippen LogP contribution is -1.94. The van der Waals surface area contributed by atoms with Gasteiger partial charge in [0.05, 0.1) is 0 Å². The highest BCUT2D eigenvalue weighted by molar-refractivity contribution is 6.06. The van der Waals surface area contributed by atoms with Gasteiger partial charge in [-0.15, -0.1) is 0 Å². The van der Waals surface area contributed by atoms with Gasteiger partial charge in [-0.1, -0.05) is 92.2 Å². The van der Waals surface area contributed by atoms with Gasteiger partial charge < -0.3 is 0 Å². The summed E-state index contributed by atoms with van der Waals surface area (Å²) in [6, 6.07) is 28.7. The SMILES string of the molecule is C[CH]CC[CH]Cc1ccc2ccccc2c1-c1cccc2ccccc12. The molecular weight excluding hydrogens is 312 g/mol. The summed E-state index contributed by atoms with van der Waals surface area (Å²) in [6.07, 6.45) is 7.95. The molecule has 0 amide bonds. The van der Waals surface area contributed by atoms with Crippen LogP contribution in [0.3, 0.4) is 0 Å². The first-order valence-electron chi connectivity index (χ1n) is 9.47. The van der Waals surface area contributed by atoms with Crippen LogP contribution in [-0.4, -0.2) is 0 Å². The van der Waals surface area contributed by atoms with Gasteiger partial charge in [0.25, 0.3) is 0 Å². The van der Waals surface area contributed by atoms with Crippen molar-refractivity contribution in [3.05, 3.63) is 97.3 Å². The molecule has 0 atom stereocenters. The van der Waals surface area contributed by atoms with Gasteiger partial charge >= 0.3 is 0 Å². The average Bonchev–Trinajstić information content (AvgIpc) is 2.70. The molecule has 128 valence electrons. The van der Waals surface area contributed by atoms with E-state index in [0.717, 1.165) is 19.3 Å². The van der Waals surface area contributed by atoms with E-state index in [1.54, 1.807) is 0 Å². The molecule has 0 unspecified atom stereocenters. The zero-order chi connectivity index (χ0) is 17.8. The third kappa shape index (κ3) is 3.24. The van der Waals surface area contributed by atoms with Gasteiger partial charge in [-0.05, 0) is 63.9 Å². The third-order valence-electron chi connectivity index (χ3n) is 5.10. The molecule has 0 aliphatic rings. The molecule has 0 fully saturated rings. The predicted molar refractivity (Wildman–Crippen MR) is 114 cm³/mol. The summed E-state index contributed by atoms with van der Waals surface area (Å²) >= 11 is 0. The third-order valence-corrected chi connectivity index (χ3v) is 5.10. The predicted octanol–water partition coefficient (Wildman–Crippen LogP) is 7.41. The van der Waals surface area contributed by atoms with Crippen LogP contribution in [0.25, 0.3) is 32.7 Å². The summed E-state index contributed by atoms with van der Waals surface area (Å²) in [7, 11) is 0. The largest absolute Gasteiger partial charge is 0.0623 e. The minimum absolute atomic E-state index is 1.01. The quantitative estimate of drug-likeness (QED) is 0.321. The van der Waals surface area contributed by atoms with E-state index in [0.29, 0.717) is 0 Å². The van der Waals surface area contributed by atoms with E-state index in [4.69, 9.17) is 0 Å². The molecule has 0 spiro atoms. The first-order chi connectivity index (χ1) is 12.9. The van der Waals surface area contributed by atoms with Gasteiger partial charge in [0, 0.05) is 0 Å². The van der Waals surface area contributed by atoms with Crippen LogP contribution in [0.1, 0.15) is 25.3 Å². The Labute approximate surface area is 156 Å². The fourth-order valence-electron chi connectivity index (χ4n) is 3.79. The van der Waals surface area contributed by atoms with Crippen LogP contribution in [0.15, 0.2) is 78.9 Å². The molecule has 0 heteroatoms. The van der Waals surface area contributed by atoms with Crippen molar-refractivity contribution in [1.29, 1.82) is 0 Å². The van der Waals surface area contributed by atoms with Gasteiger partial charge in [-0.25, -0.2) is 0 Å². The minimum Gasteiger partial charge on any atom is -0.0623 e. The van der Waals surface area contributed by atoms with Gasteiger partial charge in [0.2, 0.25) is 0 Å². The highest BCUT2D eigenvalue weighted by atomic mass is 14.2. The molecule has 0 N–H and O–H groups in total. The summed E-state index contributed by atoms with van der Waals surface area (Å²) in [5.74, 6) is 0. The Morgan fingerprint density at radius 1 is 0.654 bits per heavy atom. The van der Waals surface area contributed by atoms with Crippen LogP contribution in [0.2, 0.25) is 0 Å². The standard InChI is InChI=1S/C26H24/c1-2-3-4-5-13-22-19-18-21-12-7-9-16-24(21)26(22)25-17-10-14-20-11-6-8-15-23(20)25/h2,5-12,14-19H,3-4,13H2,1H3. The summed E-state index contributed by atoms with van der Waals surface area (Å²) in [5.41, 5.74) is 4.14. The zero-order valence-corrected chi connectivity index (χ0v) is 15.3.